The van der Waals surface area contributed by atoms with Gasteiger partial charge in [0.15, 0.2) is 0 Å². The minimum atomic E-state index is -1.18. The van der Waals surface area contributed by atoms with E-state index in [-0.39, 0.29) is 6.04 Å². The molecular formula is C23H31BClNO2. The molecule has 1 aliphatic rings. The Morgan fingerprint density at radius 2 is 1.75 bits per heavy atom. The number of benzene rings is 2. The van der Waals surface area contributed by atoms with Crippen LogP contribution in [0.4, 0.5) is 0 Å². The highest BCUT2D eigenvalue weighted by atomic mass is 35.5. The molecule has 2 aromatic carbocycles. The van der Waals surface area contributed by atoms with Gasteiger partial charge in [-0.3, -0.25) is 0 Å². The van der Waals surface area contributed by atoms with Gasteiger partial charge in [-0.1, -0.05) is 60.8 Å². The van der Waals surface area contributed by atoms with E-state index in [0.717, 1.165) is 36.6 Å². The highest BCUT2D eigenvalue weighted by molar-refractivity contribution is 6.40. The van der Waals surface area contributed by atoms with Gasteiger partial charge in [-0.15, -0.1) is 0 Å². The van der Waals surface area contributed by atoms with Crippen LogP contribution in [-0.4, -0.2) is 23.2 Å². The van der Waals surface area contributed by atoms with Gasteiger partial charge < -0.3 is 15.8 Å². The molecule has 3 nitrogen and oxygen atoms in total. The first kappa shape index (κ1) is 21.4. The third kappa shape index (κ3) is 6.08. The molecule has 4 N–H and O–H groups in total. The fraction of sp³-hybridized carbons (Fsp3) is 0.478. The van der Waals surface area contributed by atoms with Crippen molar-refractivity contribution in [3.63, 3.8) is 0 Å². The Balaban J connectivity index is 1.44. The standard InChI is InChI=1S/C23H31BClNO2/c25-21-12-10-19(11-13-21)22-6-2-1-5-18(22)9-8-17-15-20(16-17)23(26)7-3-4-14-24(27)28/h1-2,5-6,10-13,17,20,23,27-28H,3-4,7-9,14-16,26H2. The van der Waals surface area contributed by atoms with Crippen LogP contribution in [0.15, 0.2) is 48.5 Å². The predicted octanol–water partition coefficient (Wildman–Crippen LogP) is 4.94. The van der Waals surface area contributed by atoms with Crippen LogP contribution in [0.2, 0.25) is 11.3 Å². The fourth-order valence-corrected chi connectivity index (χ4v) is 4.45. The molecule has 0 heterocycles. The molecule has 0 aliphatic heterocycles. The largest absolute Gasteiger partial charge is 0.451 e. The highest BCUT2D eigenvalue weighted by Crippen LogP contribution is 2.40. The number of nitrogens with two attached hydrogens (primary N) is 1. The molecule has 0 aromatic heterocycles. The number of rotatable bonds is 10. The number of halogens is 1. The molecule has 1 unspecified atom stereocenters. The third-order valence-electron chi connectivity index (χ3n) is 6.12. The van der Waals surface area contributed by atoms with Crippen LogP contribution in [-0.2, 0) is 6.42 Å². The predicted molar refractivity (Wildman–Crippen MR) is 118 cm³/mol. The SMILES string of the molecule is NC(CCCCB(O)O)C1CC(CCc2ccccc2-c2ccc(Cl)cc2)C1. The van der Waals surface area contributed by atoms with Crippen molar-refractivity contribution in [3.8, 4) is 11.1 Å². The smallest absolute Gasteiger partial charge is 0.427 e. The Morgan fingerprint density at radius 1 is 1.04 bits per heavy atom. The number of hydrogen-bond donors (Lipinski definition) is 3. The second-order valence-electron chi connectivity index (χ2n) is 8.23. The molecule has 0 amide bonds. The summed E-state index contributed by atoms with van der Waals surface area (Å²) in [7, 11) is -1.18. The minimum Gasteiger partial charge on any atom is -0.427 e. The summed E-state index contributed by atoms with van der Waals surface area (Å²) in [4.78, 5) is 0. The van der Waals surface area contributed by atoms with Crippen LogP contribution in [0.3, 0.4) is 0 Å². The maximum absolute atomic E-state index is 8.89. The molecule has 5 heteroatoms. The molecular weight excluding hydrogens is 369 g/mol. The molecule has 1 saturated carbocycles. The van der Waals surface area contributed by atoms with Crippen molar-refractivity contribution in [2.24, 2.45) is 17.6 Å². The third-order valence-corrected chi connectivity index (χ3v) is 6.37. The monoisotopic (exact) mass is 399 g/mol. The first-order chi connectivity index (χ1) is 13.5. The van der Waals surface area contributed by atoms with E-state index in [9.17, 15) is 0 Å². The molecule has 0 radical (unpaired) electrons. The van der Waals surface area contributed by atoms with E-state index in [4.69, 9.17) is 27.4 Å². The van der Waals surface area contributed by atoms with Gasteiger partial charge in [-0.25, -0.2) is 0 Å². The summed E-state index contributed by atoms with van der Waals surface area (Å²) in [6.07, 6.45) is 8.03. The summed E-state index contributed by atoms with van der Waals surface area (Å²) in [5.74, 6) is 1.41. The molecule has 0 spiro atoms. The van der Waals surface area contributed by atoms with Crippen LogP contribution in [0.5, 0.6) is 0 Å². The fourth-order valence-electron chi connectivity index (χ4n) is 4.32. The van der Waals surface area contributed by atoms with E-state index in [2.05, 4.69) is 36.4 Å². The maximum Gasteiger partial charge on any atom is 0.451 e. The van der Waals surface area contributed by atoms with Gasteiger partial charge in [0.2, 0.25) is 0 Å². The van der Waals surface area contributed by atoms with Gasteiger partial charge in [0.25, 0.3) is 0 Å². The lowest BCUT2D eigenvalue weighted by Crippen LogP contribution is -2.39. The molecule has 0 saturated heterocycles. The summed E-state index contributed by atoms with van der Waals surface area (Å²) in [5.41, 5.74) is 10.3. The summed E-state index contributed by atoms with van der Waals surface area (Å²) in [6.45, 7) is 0. The van der Waals surface area contributed by atoms with E-state index in [1.165, 1.54) is 36.0 Å². The lowest BCUT2D eigenvalue weighted by molar-refractivity contribution is 0.147. The second-order valence-corrected chi connectivity index (χ2v) is 8.67. The zero-order chi connectivity index (χ0) is 19.9. The van der Waals surface area contributed by atoms with Gasteiger partial charge in [0.1, 0.15) is 0 Å². The number of hydrogen-bond acceptors (Lipinski definition) is 3. The minimum absolute atomic E-state index is 0.258. The van der Waals surface area contributed by atoms with Crippen LogP contribution >= 0.6 is 11.6 Å². The molecule has 1 aliphatic carbocycles. The van der Waals surface area contributed by atoms with Gasteiger partial charge in [0.05, 0.1) is 0 Å². The Bertz CT molecular complexity index is 732. The van der Waals surface area contributed by atoms with Gasteiger partial charge in [0, 0.05) is 11.1 Å². The average molecular weight is 400 g/mol. The normalized spacial score (nSPS) is 19.9. The van der Waals surface area contributed by atoms with E-state index in [0.29, 0.717) is 12.2 Å². The highest BCUT2D eigenvalue weighted by Gasteiger charge is 2.32. The van der Waals surface area contributed by atoms with E-state index in [1.54, 1.807) is 0 Å². The van der Waals surface area contributed by atoms with Crippen molar-refractivity contribution in [2.45, 2.75) is 57.3 Å². The van der Waals surface area contributed by atoms with Gasteiger partial charge >= 0.3 is 7.12 Å². The number of aryl methyl sites for hydroxylation is 1. The molecule has 3 rings (SSSR count). The van der Waals surface area contributed by atoms with Crippen LogP contribution in [0, 0.1) is 11.8 Å². The lowest BCUT2D eigenvalue weighted by atomic mass is 9.68. The van der Waals surface area contributed by atoms with Crippen molar-refractivity contribution in [1.82, 2.24) is 0 Å². The van der Waals surface area contributed by atoms with E-state index < -0.39 is 7.12 Å². The Hall–Kier alpha value is -1.33. The number of unbranched alkanes of at least 4 members (excludes halogenated alkanes) is 1. The summed E-state index contributed by atoms with van der Waals surface area (Å²) >= 11 is 6.03. The van der Waals surface area contributed by atoms with Crippen LogP contribution in [0.1, 0.15) is 44.1 Å². The topological polar surface area (TPSA) is 66.5 Å². The van der Waals surface area contributed by atoms with Crippen LogP contribution in [0.25, 0.3) is 11.1 Å². The van der Waals surface area contributed by atoms with Crippen molar-refractivity contribution < 1.29 is 10.0 Å². The van der Waals surface area contributed by atoms with Gasteiger partial charge in [-0.2, -0.15) is 0 Å². The Kier molecular flexibility index (Phi) is 7.98. The molecule has 0 bridgehead atoms. The first-order valence-corrected chi connectivity index (χ1v) is 10.9. The average Bonchev–Trinajstić information content (AvgIpc) is 2.65. The van der Waals surface area contributed by atoms with Crippen LogP contribution < -0.4 is 5.73 Å². The maximum atomic E-state index is 8.89. The molecule has 1 atom stereocenters. The first-order valence-electron chi connectivity index (χ1n) is 10.5. The van der Waals surface area contributed by atoms with E-state index >= 15 is 0 Å². The molecule has 1 fully saturated rings. The van der Waals surface area contributed by atoms with E-state index in [1.807, 2.05) is 12.1 Å². The van der Waals surface area contributed by atoms with Crippen molar-refractivity contribution in [3.05, 3.63) is 59.1 Å². The lowest BCUT2D eigenvalue weighted by Gasteiger charge is -2.39. The second kappa shape index (κ2) is 10.5. The van der Waals surface area contributed by atoms with Gasteiger partial charge in [-0.05, 0) is 79.1 Å². The summed E-state index contributed by atoms with van der Waals surface area (Å²) in [5, 5.41) is 18.6. The Labute approximate surface area is 174 Å². The molecule has 150 valence electrons. The zero-order valence-corrected chi connectivity index (χ0v) is 17.2. The quantitative estimate of drug-likeness (QED) is 0.392. The molecule has 28 heavy (non-hydrogen) atoms. The van der Waals surface area contributed by atoms with Crippen molar-refractivity contribution >= 4 is 18.7 Å². The Morgan fingerprint density at radius 3 is 2.46 bits per heavy atom. The molecule has 2 aromatic rings. The zero-order valence-electron chi connectivity index (χ0n) is 16.4. The summed E-state index contributed by atoms with van der Waals surface area (Å²) in [6, 6.07) is 17.0. The van der Waals surface area contributed by atoms with Crippen molar-refractivity contribution in [1.29, 1.82) is 0 Å². The summed E-state index contributed by atoms with van der Waals surface area (Å²) < 4.78 is 0. The van der Waals surface area contributed by atoms with Crippen molar-refractivity contribution in [2.75, 3.05) is 0 Å².